The fraction of sp³-hybridized carbons (Fsp3) is 0.200. The molecule has 0 radical (unpaired) electrons. The van der Waals surface area contributed by atoms with Crippen molar-refractivity contribution in [3.63, 3.8) is 0 Å². The molecule has 0 aliphatic carbocycles. The second kappa shape index (κ2) is 10.5. The van der Waals surface area contributed by atoms with Gasteiger partial charge < -0.3 is 0 Å². The average molecular weight is 201 g/mol. The lowest BCUT2D eigenvalue weighted by Crippen LogP contribution is -1.38. The molecule has 2 heteroatoms. The van der Waals surface area contributed by atoms with Gasteiger partial charge in [-0.25, -0.2) is 0 Å². The van der Waals surface area contributed by atoms with Crippen molar-refractivity contribution in [2.75, 3.05) is 5.88 Å². The van der Waals surface area contributed by atoms with E-state index in [1.165, 1.54) is 0 Å². The molecule has 0 aromatic carbocycles. The number of hydrogen-bond donors (Lipinski definition) is 0. The summed E-state index contributed by atoms with van der Waals surface area (Å²) >= 11 is 6.68. The molecular formula is C10H13ClS. The normalized spacial score (nSPS) is 7.50. The maximum atomic E-state index is 5.00. The summed E-state index contributed by atoms with van der Waals surface area (Å²) in [4.78, 5) is 0. The van der Waals surface area contributed by atoms with E-state index in [9.17, 15) is 0 Å². The summed E-state index contributed by atoms with van der Waals surface area (Å²) in [7, 11) is 0. The summed E-state index contributed by atoms with van der Waals surface area (Å²) in [6.07, 6.45) is 0. The van der Waals surface area contributed by atoms with Crippen molar-refractivity contribution in [3.8, 4) is 0 Å². The Bertz CT molecular complexity index is 144. The molecule has 12 heavy (non-hydrogen) atoms. The van der Waals surface area contributed by atoms with E-state index in [-0.39, 0.29) is 0 Å². The van der Waals surface area contributed by atoms with E-state index in [1.54, 1.807) is 11.3 Å². The third kappa shape index (κ3) is 9.47. The molecule has 1 aromatic heterocycles. The van der Waals surface area contributed by atoms with Crippen LogP contribution in [-0.4, -0.2) is 5.88 Å². The molecular weight excluding hydrogens is 188 g/mol. The van der Waals surface area contributed by atoms with Crippen LogP contribution in [0.5, 0.6) is 0 Å². The maximum absolute atomic E-state index is 5.00. The Hall–Kier alpha value is -0.530. The van der Waals surface area contributed by atoms with Gasteiger partial charge in [-0.15, -0.1) is 11.6 Å². The highest BCUT2D eigenvalue weighted by molar-refractivity contribution is 7.07. The number of halogens is 1. The zero-order valence-electron chi connectivity index (χ0n) is 7.11. The zero-order valence-corrected chi connectivity index (χ0v) is 8.68. The van der Waals surface area contributed by atoms with Crippen LogP contribution in [0.25, 0.3) is 0 Å². The van der Waals surface area contributed by atoms with E-state index < -0.39 is 0 Å². The van der Waals surface area contributed by atoms with Crippen LogP contribution in [0.2, 0.25) is 0 Å². The molecule has 1 aromatic rings. The second-order valence-electron chi connectivity index (χ2n) is 1.83. The number of hydrogen-bond acceptors (Lipinski definition) is 1. The predicted molar refractivity (Wildman–Crippen MR) is 58.3 cm³/mol. The standard InChI is InChI=1S/C8H8S.C2H5Cl/c1-2-4-6-8-9-7-5-3-1;1-2-3/h1-8H;2H2,1H3. The van der Waals surface area contributed by atoms with Gasteiger partial charge in [-0.3, -0.25) is 0 Å². The minimum Gasteiger partial charge on any atom is -0.152 e. The van der Waals surface area contributed by atoms with Crippen LogP contribution in [0, 0.1) is 0 Å². The SMILES string of the molecule is CCCl.c1ccccsccc1. The molecule has 0 aliphatic heterocycles. The first-order valence-corrected chi connectivity index (χ1v) is 5.26. The summed E-state index contributed by atoms with van der Waals surface area (Å²) in [6.45, 7) is 1.89. The molecule has 1 heterocycles. The van der Waals surface area contributed by atoms with Gasteiger partial charge in [0.05, 0.1) is 0 Å². The molecule has 0 saturated heterocycles. The first-order chi connectivity index (χ1) is 5.91. The monoisotopic (exact) mass is 200 g/mol. The summed E-state index contributed by atoms with van der Waals surface area (Å²) < 4.78 is 0. The molecule has 0 amide bonds. The molecule has 0 nitrogen and oxygen atoms in total. The minimum atomic E-state index is 0.722. The fourth-order valence-corrected chi connectivity index (χ4v) is 0.937. The summed E-state index contributed by atoms with van der Waals surface area (Å²) in [5, 5.41) is 4.08. The third-order valence-corrected chi connectivity index (χ3v) is 1.50. The zero-order chi connectivity index (χ0) is 9.07. The average Bonchev–Trinajstić information content (AvgIpc) is 2.19. The van der Waals surface area contributed by atoms with Gasteiger partial charge in [0.25, 0.3) is 0 Å². The summed E-state index contributed by atoms with van der Waals surface area (Å²) in [5.74, 6) is 0.722. The minimum absolute atomic E-state index is 0.722. The molecule has 66 valence electrons. The van der Waals surface area contributed by atoms with Gasteiger partial charge in [0, 0.05) is 5.88 Å². The van der Waals surface area contributed by atoms with E-state index in [1.807, 2.05) is 54.1 Å². The maximum Gasteiger partial charge on any atom is 0.0195 e. The Kier molecular flexibility index (Phi) is 10.0. The van der Waals surface area contributed by atoms with Crippen LogP contribution >= 0.6 is 22.9 Å². The van der Waals surface area contributed by atoms with Crippen LogP contribution in [0.15, 0.2) is 47.2 Å². The van der Waals surface area contributed by atoms with Crippen molar-refractivity contribution in [3.05, 3.63) is 47.2 Å². The lowest BCUT2D eigenvalue weighted by Gasteiger charge is -1.59. The van der Waals surface area contributed by atoms with Crippen molar-refractivity contribution in [1.29, 1.82) is 0 Å². The lowest BCUT2D eigenvalue weighted by molar-refractivity contribution is 1.51. The van der Waals surface area contributed by atoms with Gasteiger partial charge in [-0.05, 0) is 10.8 Å². The van der Waals surface area contributed by atoms with Gasteiger partial charge in [0.2, 0.25) is 0 Å². The summed E-state index contributed by atoms with van der Waals surface area (Å²) in [5.41, 5.74) is 0. The van der Waals surface area contributed by atoms with Gasteiger partial charge in [-0.1, -0.05) is 43.3 Å². The fourth-order valence-electron chi connectivity index (χ4n) is 0.483. The van der Waals surface area contributed by atoms with E-state index >= 15 is 0 Å². The Morgan fingerprint density at radius 2 is 1.25 bits per heavy atom. The number of rotatable bonds is 0. The second-order valence-corrected chi connectivity index (χ2v) is 3.18. The number of alkyl halides is 1. The molecule has 0 bridgehead atoms. The summed E-state index contributed by atoms with van der Waals surface area (Å²) in [6, 6.07) is 12.1. The molecule has 0 spiro atoms. The topological polar surface area (TPSA) is 0 Å². The van der Waals surface area contributed by atoms with Crippen molar-refractivity contribution in [2.45, 2.75) is 6.92 Å². The van der Waals surface area contributed by atoms with E-state index in [0.717, 1.165) is 5.88 Å². The molecule has 0 fully saturated rings. The molecule has 0 unspecified atom stereocenters. The smallest absolute Gasteiger partial charge is 0.0195 e. The predicted octanol–water partition coefficient (Wildman–Crippen LogP) is 4.12. The lowest BCUT2D eigenvalue weighted by atomic mass is 10.5. The molecule has 1 rings (SSSR count). The molecule has 0 aliphatic rings. The van der Waals surface area contributed by atoms with Crippen LogP contribution in [-0.2, 0) is 0 Å². The first kappa shape index (κ1) is 11.5. The molecule has 0 atom stereocenters. The highest BCUT2D eigenvalue weighted by atomic mass is 35.5. The molecule has 0 saturated carbocycles. The van der Waals surface area contributed by atoms with Gasteiger partial charge in [-0.2, -0.15) is 11.3 Å². The van der Waals surface area contributed by atoms with Crippen molar-refractivity contribution < 1.29 is 0 Å². The van der Waals surface area contributed by atoms with Gasteiger partial charge >= 0.3 is 0 Å². The Balaban J connectivity index is 0.000000354. The van der Waals surface area contributed by atoms with E-state index in [4.69, 9.17) is 11.6 Å². The van der Waals surface area contributed by atoms with Crippen LogP contribution in [0.4, 0.5) is 0 Å². The largest absolute Gasteiger partial charge is 0.152 e. The highest BCUT2D eigenvalue weighted by Crippen LogP contribution is 1.88. The van der Waals surface area contributed by atoms with Crippen LogP contribution < -0.4 is 0 Å². The first-order valence-electron chi connectivity index (χ1n) is 3.78. The van der Waals surface area contributed by atoms with Crippen molar-refractivity contribution in [1.82, 2.24) is 0 Å². The Morgan fingerprint density at radius 1 is 0.917 bits per heavy atom. The quantitative estimate of drug-likeness (QED) is 0.553. The van der Waals surface area contributed by atoms with Crippen molar-refractivity contribution >= 4 is 22.9 Å². The van der Waals surface area contributed by atoms with Gasteiger partial charge in [0.1, 0.15) is 0 Å². The van der Waals surface area contributed by atoms with E-state index in [2.05, 4.69) is 0 Å². The van der Waals surface area contributed by atoms with E-state index in [0.29, 0.717) is 0 Å². The van der Waals surface area contributed by atoms with Crippen LogP contribution in [0.3, 0.4) is 0 Å². The van der Waals surface area contributed by atoms with Crippen LogP contribution in [0.1, 0.15) is 6.92 Å². The Labute approximate surface area is 83.2 Å². The Morgan fingerprint density at radius 3 is 1.67 bits per heavy atom. The van der Waals surface area contributed by atoms with Gasteiger partial charge in [0.15, 0.2) is 0 Å². The third-order valence-electron chi connectivity index (χ3n) is 0.870. The highest BCUT2D eigenvalue weighted by Gasteiger charge is 1.58. The van der Waals surface area contributed by atoms with Crippen molar-refractivity contribution in [2.24, 2.45) is 0 Å². The molecule has 0 N–H and O–H groups in total.